The van der Waals surface area contributed by atoms with Gasteiger partial charge in [0.15, 0.2) is 6.61 Å². The number of nitrogens with one attached hydrogen (secondary N) is 1. The molecule has 5 nitrogen and oxygen atoms in total. The van der Waals surface area contributed by atoms with Gasteiger partial charge in [-0.1, -0.05) is 72.8 Å². The van der Waals surface area contributed by atoms with Crippen LogP contribution < -0.4 is 10.1 Å². The van der Waals surface area contributed by atoms with Crippen molar-refractivity contribution in [3.63, 3.8) is 0 Å². The van der Waals surface area contributed by atoms with Gasteiger partial charge >= 0.3 is 5.97 Å². The highest BCUT2D eigenvalue weighted by Gasteiger charge is 2.18. The smallest absolute Gasteiger partial charge is 0.306 e. The fourth-order valence-electron chi connectivity index (χ4n) is 3.11. The Morgan fingerprint density at radius 1 is 0.833 bits per heavy atom. The van der Waals surface area contributed by atoms with E-state index in [-0.39, 0.29) is 25.0 Å². The average Bonchev–Trinajstić information content (AvgIpc) is 2.81. The van der Waals surface area contributed by atoms with Crippen molar-refractivity contribution in [1.82, 2.24) is 5.32 Å². The second kappa shape index (κ2) is 10.8. The molecule has 0 aliphatic carbocycles. The molecule has 0 aromatic heterocycles. The molecule has 0 bridgehead atoms. The predicted octanol–water partition coefficient (Wildman–Crippen LogP) is 4.08. The predicted molar refractivity (Wildman–Crippen MR) is 115 cm³/mol. The van der Waals surface area contributed by atoms with Crippen LogP contribution in [0, 0.1) is 0 Å². The van der Waals surface area contributed by atoms with Crippen LogP contribution in [0.4, 0.5) is 0 Å². The third-order valence-corrected chi connectivity index (χ3v) is 4.71. The number of carbonyl (C=O) groups is 2. The lowest BCUT2D eigenvalue weighted by Crippen LogP contribution is -2.33. The molecule has 5 heteroatoms. The van der Waals surface area contributed by atoms with Crippen molar-refractivity contribution in [3.8, 4) is 5.75 Å². The number of rotatable bonds is 9. The largest absolute Gasteiger partial charge is 0.497 e. The number of aryl methyl sites for hydroxylation is 1. The van der Waals surface area contributed by atoms with E-state index < -0.39 is 5.97 Å². The first-order valence-corrected chi connectivity index (χ1v) is 9.83. The zero-order valence-corrected chi connectivity index (χ0v) is 16.9. The minimum atomic E-state index is -0.394. The minimum absolute atomic E-state index is 0.234. The zero-order chi connectivity index (χ0) is 21.2. The zero-order valence-electron chi connectivity index (χ0n) is 16.9. The van der Waals surface area contributed by atoms with Gasteiger partial charge in [-0.05, 0) is 35.2 Å². The SMILES string of the molecule is COc1ccc([C@@H](NC(=O)COC(=O)CCc2ccccc2)c2ccccc2)cc1. The molecule has 0 heterocycles. The lowest BCUT2D eigenvalue weighted by atomic mass is 9.98. The molecule has 1 atom stereocenters. The summed E-state index contributed by atoms with van der Waals surface area (Å²) < 4.78 is 10.4. The molecule has 3 aromatic rings. The van der Waals surface area contributed by atoms with E-state index in [0.29, 0.717) is 6.42 Å². The number of hydrogen-bond donors (Lipinski definition) is 1. The van der Waals surface area contributed by atoms with Crippen LogP contribution in [0.5, 0.6) is 5.75 Å². The van der Waals surface area contributed by atoms with E-state index in [1.165, 1.54) is 0 Å². The Balaban J connectivity index is 1.58. The van der Waals surface area contributed by atoms with Crippen LogP contribution >= 0.6 is 0 Å². The second-order valence-electron chi connectivity index (χ2n) is 6.83. The third kappa shape index (κ3) is 6.21. The fraction of sp³-hybridized carbons (Fsp3) is 0.200. The maximum atomic E-state index is 12.5. The van der Waals surface area contributed by atoms with Gasteiger partial charge in [0.1, 0.15) is 5.75 Å². The first-order chi connectivity index (χ1) is 14.7. The number of carbonyl (C=O) groups excluding carboxylic acids is 2. The molecule has 3 rings (SSSR count). The summed E-state index contributed by atoms with van der Waals surface area (Å²) in [6.07, 6.45) is 0.817. The first-order valence-electron chi connectivity index (χ1n) is 9.83. The quantitative estimate of drug-likeness (QED) is 0.547. The Kier molecular flexibility index (Phi) is 7.61. The molecule has 0 saturated heterocycles. The Hall–Kier alpha value is -3.60. The normalized spacial score (nSPS) is 11.4. The van der Waals surface area contributed by atoms with E-state index in [0.717, 1.165) is 22.4 Å². The van der Waals surface area contributed by atoms with Crippen molar-refractivity contribution in [2.75, 3.05) is 13.7 Å². The van der Waals surface area contributed by atoms with Crippen LogP contribution in [0.3, 0.4) is 0 Å². The van der Waals surface area contributed by atoms with Crippen molar-refractivity contribution in [2.24, 2.45) is 0 Å². The first kappa shape index (κ1) is 21.1. The van der Waals surface area contributed by atoms with E-state index in [2.05, 4.69) is 5.32 Å². The molecular weight excluding hydrogens is 378 g/mol. The number of ether oxygens (including phenoxy) is 2. The van der Waals surface area contributed by atoms with Crippen LogP contribution in [-0.4, -0.2) is 25.6 Å². The summed E-state index contributed by atoms with van der Waals surface area (Å²) in [7, 11) is 1.61. The third-order valence-electron chi connectivity index (χ3n) is 4.71. The fourth-order valence-corrected chi connectivity index (χ4v) is 3.11. The summed E-state index contributed by atoms with van der Waals surface area (Å²) in [5, 5.41) is 2.96. The van der Waals surface area contributed by atoms with Crippen molar-refractivity contribution >= 4 is 11.9 Å². The maximum Gasteiger partial charge on any atom is 0.306 e. The van der Waals surface area contributed by atoms with Gasteiger partial charge in [0.2, 0.25) is 0 Å². The summed E-state index contributed by atoms with van der Waals surface area (Å²) in [5.74, 6) is -0.00771. The molecule has 1 N–H and O–H groups in total. The average molecular weight is 403 g/mol. The minimum Gasteiger partial charge on any atom is -0.497 e. The topological polar surface area (TPSA) is 64.6 Å². The number of hydrogen-bond acceptors (Lipinski definition) is 4. The van der Waals surface area contributed by atoms with Gasteiger partial charge in [0.25, 0.3) is 5.91 Å². The molecule has 0 saturated carbocycles. The monoisotopic (exact) mass is 403 g/mol. The standard InChI is InChI=1S/C25H25NO4/c1-29-22-15-13-21(14-16-22)25(20-10-6-3-7-11-20)26-23(27)18-30-24(28)17-12-19-8-4-2-5-9-19/h2-11,13-16,25H,12,17-18H2,1H3,(H,26,27)/t25-/m0/s1. The van der Waals surface area contributed by atoms with Gasteiger partial charge in [0, 0.05) is 6.42 Å². The summed E-state index contributed by atoms with van der Waals surface area (Å²) in [5.41, 5.74) is 2.90. The summed E-state index contributed by atoms with van der Waals surface area (Å²) in [4.78, 5) is 24.5. The number of amides is 1. The van der Waals surface area contributed by atoms with Crippen molar-refractivity contribution < 1.29 is 19.1 Å². The molecular formula is C25H25NO4. The molecule has 0 aliphatic heterocycles. The van der Waals surface area contributed by atoms with Crippen LogP contribution in [0.2, 0.25) is 0 Å². The molecule has 0 fully saturated rings. The van der Waals surface area contributed by atoms with Crippen molar-refractivity contribution in [2.45, 2.75) is 18.9 Å². The molecule has 154 valence electrons. The highest BCUT2D eigenvalue weighted by atomic mass is 16.5. The molecule has 3 aromatic carbocycles. The van der Waals surface area contributed by atoms with Crippen molar-refractivity contribution in [3.05, 3.63) is 102 Å². The molecule has 0 spiro atoms. The van der Waals surface area contributed by atoms with Gasteiger partial charge in [-0.2, -0.15) is 0 Å². The Morgan fingerprint density at radius 3 is 2.07 bits per heavy atom. The van der Waals surface area contributed by atoms with E-state index >= 15 is 0 Å². The van der Waals surface area contributed by atoms with Crippen LogP contribution in [0.25, 0.3) is 0 Å². The van der Waals surface area contributed by atoms with E-state index in [4.69, 9.17) is 9.47 Å². The summed E-state index contributed by atoms with van der Waals surface area (Å²) in [6.45, 7) is -0.312. The highest BCUT2D eigenvalue weighted by Crippen LogP contribution is 2.24. The Morgan fingerprint density at radius 2 is 1.43 bits per heavy atom. The van der Waals surface area contributed by atoms with E-state index in [9.17, 15) is 9.59 Å². The Bertz CT molecular complexity index is 940. The second-order valence-corrected chi connectivity index (χ2v) is 6.83. The maximum absolute atomic E-state index is 12.5. The molecule has 0 aliphatic rings. The van der Waals surface area contributed by atoms with Crippen LogP contribution in [0.15, 0.2) is 84.9 Å². The van der Waals surface area contributed by atoms with Gasteiger partial charge in [-0.25, -0.2) is 0 Å². The van der Waals surface area contributed by atoms with Gasteiger partial charge in [0.05, 0.1) is 13.2 Å². The number of benzene rings is 3. The Labute approximate surface area is 176 Å². The molecule has 0 radical (unpaired) electrons. The summed E-state index contributed by atoms with van der Waals surface area (Å²) in [6, 6.07) is 26.5. The van der Waals surface area contributed by atoms with Crippen molar-refractivity contribution in [1.29, 1.82) is 0 Å². The van der Waals surface area contributed by atoms with Gasteiger partial charge < -0.3 is 14.8 Å². The van der Waals surface area contributed by atoms with Gasteiger partial charge in [-0.3, -0.25) is 9.59 Å². The molecule has 0 unspecified atom stereocenters. The molecule has 30 heavy (non-hydrogen) atoms. The number of methoxy groups -OCH3 is 1. The lowest BCUT2D eigenvalue weighted by Gasteiger charge is -2.20. The van der Waals surface area contributed by atoms with Crippen LogP contribution in [-0.2, 0) is 20.7 Å². The number of esters is 1. The van der Waals surface area contributed by atoms with Gasteiger partial charge in [-0.15, -0.1) is 0 Å². The lowest BCUT2D eigenvalue weighted by molar-refractivity contribution is -0.148. The molecule has 1 amide bonds. The highest BCUT2D eigenvalue weighted by molar-refractivity contribution is 5.81. The summed E-state index contributed by atoms with van der Waals surface area (Å²) >= 11 is 0. The van der Waals surface area contributed by atoms with E-state index in [1.807, 2.05) is 84.9 Å². The van der Waals surface area contributed by atoms with Crippen LogP contribution in [0.1, 0.15) is 29.2 Å². The van der Waals surface area contributed by atoms with E-state index in [1.54, 1.807) is 7.11 Å².